The van der Waals surface area contributed by atoms with E-state index in [1.54, 1.807) is 0 Å². The maximum absolute atomic E-state index is 12.5. The van der Waals surface area contributed by atoms with Gasteiger partial charge in [0.2, 0.25) is 5.91 Å². The van der Waals surface area contributed by atoms with Crippen molar-refractivity contribution in [2.75, 3.05) is 26.3 Å². The van der Waals surface area contributed by atoms with Crippen LogP contribution in [-0.2, 0) is 16.1 Å². The number of amides is 1. The number of ether oxygens (including phenoxy) is 1. The Bertz CT molecular complexity index is 633. The Morgan fingerprint density at radius 2 is 2.23 bits per heavy atom. The number of hydrogen-bond acceptors (Lipinski definition) is 5. The van der Waals surface area contributed by atoms with Gasteiger partial charge in [-0.1, -0.05) is 0 Å². The summed E-state index contributed by atoms with van der Waals surface area (Å²) in [7, 11) is 0. The molecule has 1 aromatic heterocycles. The largest absolute Gasteiger partial charge is 0.379 e. The highest BCUT2D eigenvalue weighted by Gasteiger charge is 2.40. The van der Waals surface area contributed by atoms with Crippen LogP contribution in [0.15, 0.2) is 12.3 Å². The van der Waals surface area contributed by atoms with Gasteiger partial charge in [-0.25, -0.2) is 0 Å². The molecule has 3 saturated heterocycles. The fourth-order valence-electron chi connectivity index (χ4n) is 4.82. The molecule has 0 aliphatic carbocycles. The summed E-state index contributed by atoms with van der Waals surface area (Å²) >= 11 is 0. The first kappa shape index (κ1) is 17.9. The Hall–Kier alpha value is -1.44. The summed E-state index contributed by atoms with van der Waals surface area (Å²) < 4.78 is 7.57. The number of carbonyl (C=O) groups is 1. The van der Waals surface area contributed by atoms with Crippen LogP contribution in [0.2, 0.25) is 0 Å². The number of nitrogens with zero attached hydrogens (tertiary/aromatic N) is 4. The van der Waals surface area contributed by atoms with Crippen molar-refractivity contribution in [2.24, 2.45) is 0 Å². The van der Waals surface area contributed by atoms with Crippen LogP contribution in [0.25, 0.3) is 0 Å². The van der Waals surface area contributed by atoms with Gasteiger partial charge in [0, 0.05) is 44.3 Å². The van der Waals surface area contributed by atoms with Crippen molar-refractivity contribution in [1.82, 2.24) is 24.9 Å². The number of aromatic nitrogens is 2. The zero-order valence-corrected chi connectivity index (χ0v) is 15.9. The van der Waals surface area contributed by atoms with Crippen LogP contribution in [-0.4, -0.2) is 70.0 Å². The van der Waals surface area contributed by atoms with Crippen LogP contribution in [0.4, 0.5) is 0 Å². The number of likely N-dealkylation sites (tertiary alicyclic amines) is 1. The van der Waals surface area contributed by atoms with E-state index in [2.05, 4.69) is 41.2 Å². The molecule has 4 rings (SSSR count). The minimum absolute atomic E-state index is 0.107. The van der Waals surface area contributed by atoms with Crippen LogP contribution in [0.5, 0.6) is 0 Å². The van der Waals surface area contributed by atoms with Gasteiger partial charge in [0.1, 0.15) is 0 Å². The smallest absolute Gasteiger partial charge is 0.222 e. The summed E-state index contributed by atoms with van der Waals surface area (Å²) in [6.07, 6.45) is 6.03. The predicted molar refractivity (Wildman–Crippen MR) is 98.5 cm³/mol. The van der Waals surface area contributed by atoms with Crippen LogP contribution < -0.4 is 5.32 Å². The Morgan fingerprint density at radius 1 is 1.35 bits per heavy atom. The summed E-state index contributed by atoms with van der Waals surface area (Å²) in [5.74, 6) is 0.176. The summed E-state index contributed by atoms with van der Waals surface area (Å²) in [6.45, 7) is 8.70. The SMILES string of the molecule is CCn1ccc([C@@H]2CCCN2C2CC(N3CCOC[C@H]3C)CC(=O)N2)n1. The van der Waals surface area contributed by atoms with E-state index in [0.29, 0.717) is 24.5 Å². The minimum atomic E-state index is 0.107. The molecule has 0 bridgehead atoms. The molecule has 1 amide bonds. The Labute approximate surface area is 155 Å². The zero-order chi connectivity index (χ0) is 18.1. The van der Waals surface area contributed by atoms with Crippen LogP contribution in [0, 0.1) is 0 Å². The van der Waals surface area contributed by atoms with Crippen molar-refractivity contribution in [1.29, 1.82) is 0 Å². The molecule has 4 atom stereocenters. The van der Waals surface area contributed by atoms with Gasteiger partial charge in [0.15, 0.2) is 0 Å². The molecular formula is C19H31N5O2. The Morgan fingerprint density at radius 3 is 3.00 bits per heavy atom. The molecule has 7 heteroatoms. The lowest BCUT2D eigenvalue weighted by molar-refractivity contribution is -0.130. The molecular weight excluding hydrogens is 330 g/mol. The van der Waals surface area contributed by atoms with E-state index in [1.807, 2.05) is 4.68 Å². The third-order valence-corrected chi connectivity index (χ3v) is 6.15. The number of rotatable bonds is 4. The highest BCUT2D eigenvalue weighted by Crippen LogP contribution is 2.35. The first-order valence-electron chi connectivity index (χ1n) is 10.1. The van der Waals surface area contributed by atoms with Gasteiger partial charge in [0.25, 0.3) is 0 Å². The molecule has 26 heavy (non-hydrogen) atoms. The van der Waals surface area contributed by atoms with Gasteiger partial charge in [0.05, 0.1) is 31.1 Å². The Balaban J connectivity index is 1.49. The van der Waals surface area contributed by atoms with Crippen molar-refractivity contribution in [2.45, 2.75) is 70.4 Å². The van der Waals surface area contributed by atoms with E-state index < -0.39 is 0 Å². The van der Waals surface area contributed by atoms with Crippen molar-refractivity contribution in [3.05, 3.63) is 18.0 Å². The van der Waals surface area contributed by atoms with Crippen LogP contribution >= 0.6 is 0 Å². The lowest BCUT2D eigenvalue weighted by atomic mass is 9.98. The molecule has 3 aliphatic rings. The highest BCUT2D eigenvalue weighted by molar-refractivity contribution is 5.77. The summed E-state index contributed by atoms with van der Waals surface area (Å²) in [5, 5.41) is 7.99. The molecule has 1 aromatic rings. The van der Waals surface area contributed by atoms with E-state index >= 15 is 0 Å². The fraction of sp³-hybridized carbons (Fsp3) is 0.789. The fourth-order valence-corrected chi connectivity index (χ4v) is 4.82. The van der Waals surface area contributed by atoms with Gasteiger partial charge >= 0.3 is 0 Å². The number of nitrogens with one attached hydrogen (secondary N) is 1. The molecule has 3 fully saturated rings. The average Bonchev–Trinajstić information content (AvgIpc) is 3.30. The van der Waals surface area contributed by atoms with E-state index in [0.717, 1.165) is 57.8 Å². The number of hydrogen-bond donors (Lipinski definition) is 1. The average molecular weight is 361 g/mol. The molecule has 0 radical (unpaired) electrons. The molecule has 4 heterocycles. The summed E-state index contributed by atoms with van der Waals surface area (Å²) in [6, 6.07) is 3.14. The van der Waals surface area contributed by atoms with Crippen LogP contribution in [0.3, 0.4) is 0 Å². The van der Waals surface area contributed by atoms with E-state index in [9.17, 15) is 4.79 Å². The molecule has 144 valence electrons. The van der Waals surface area contributed by atoms with E-state index in [4.69, 9.17) is 9.84 Å². The van der Waals surface area contributed by atoms with Crippen molar-refractivity contribution in [3.8, 4) is 0 Å². The number of aryl methyl sites for hydroxylation is 1. The quantitative estimate of drug-likeness (QED) is 0.878. The molecule has 0 saturated carbocycles. The van der Waals surface area contributed by atoms with Gasteiger partial charge in [-0.3, -0.25) is 19.3 Å². The van der Waals surface area contributed by atoms with Gasteiger partial charge in [-0.2, -0.15) is 5.10 Å². The number of morpholine rings is 1. The molecule has 7 nitrogen and oxygen atoms in total. The summed E-state index contributed by atoms with van der Waals surface area (Å²) in [4.78, 5) is 17.4. The first-order valence-corrected chi connectivity index (χ1v) is 10.1. The second-order valence-corrected chi connectivity index (χ2v) is 7.83. The van der Waals surface area contributed by atoms with E-state index in [1.165, 1.54) is 0 Å². The summed E-state index contributed by atoms with van der Waals surface area (Å²) in [5.41, 5.74) is 1.14. The second kappa shape index (κ2) is 7.66. The Kier molecular flexibility index (Phi) is 5.29. The monoisotopic (exact) mass is 361 g/mol. The standard InChI is InChI=1S/C19H31N5O2/c1-3-22-8-6-16(21-22)17-5-4-7-24(17)18-11-15(12-19(25)20-18)23-9-10-26-13-14(23)2/h6,8,14-15,17-18H,3-5,7,9-13H2,1-2H3,(H,20,25)/t14-,15?,17+,18?/m1/s1. The van der Waals surface area contributed by atoms with Crippen molar-refractivity contribution >= 4 is 5.91 Å². The molecule has 3 aliphatic heterocycles. The maximum Gasteiger partial charge on any atom is 0.222 e. The number of carbonyl (C=O) groups excluding carboxylic acids is 1. The van der Waals surface area contributed by atoms with Gasteiger partial charge < -0.3 is 10.1 Å². The molecule has 1 N–H and O–H groups in total. The highest BCUT2D eigenvalue weighted by atomic mass is 16.5. The molecule has 0 spiro atoms. The molecule has 2 unspecified atom stereocenters. The lowest BCUT2D eigenvalue weighted by Crippen LogP contribution is -2.59. The van der Waals surface area contributed by atoms with Crippen molar-refractivity contribution < 1.29 is 9.53 Å². The first-order chi connectivity index (χ1) is 12.7. The minimum Gasteiger partial charge on any atom is -0.379 e. The topological polar surface area (TPSA) is 62.6 Å². The second-order valence-electron chi connectivity index (χ2n) is 7.83. The van der Waals surface area contributed by atoms with Gasteiger partial charge in [-0.05, 0) is 39.2 Å². The van der Waals surface area contributed by atoms with E-state index in [-0.39, 0.29) is 12.1 Å². The zero-order valence-electron chi connectivity index (χ0n) is 15.9. The third-order valence-electron chi connectivity index (χ3n) is 6.15. The van der Waals surface area contributed by atoms with Crippen LogP contribution in [0.1, 0.15) is 51.3 Å². The third kappa shape index (κ3) is 3.52. The normalized spacial score (nSPS) is 34.2. The maximum atomic E-state index is 12.5. The number of piperidine rings is 1. The predicted octanol–water partition coefficient (Wildman–Crippen LogP) is 1.37. The van der Waals surface area contributed by atoms with Gasteiger partial charge in [-0.15, -0.1) is 0 Å². The molecule has 0 aromatic carbocycles. The van der Waals surface area contributed by atoms with Crippen molar-refractivity contribution in [3.63, 3.8) is 0 Å². The lowest BCUT2D eigenvalue weighted by Gasteiger charge is -2.45.